The van der Waals surface area contributed by atoms with Crippen molar-refractivity contribution < 1.29 is 0 Å². The second-order valence-electron chi connectivity index (χ2n) is 6.39. The largest absolute Gasteiger partial charge is 0.397 e. The van der Waals surface area contributed by atoms with Crippen LogP contribution in [0.15, 0.2) is 30.6 Å². The molecule has 20 heavy (non-hydrogen) atoms. The summed E-state index contributed by atoms with van der Waals surface area (Å²) in [6.07, 6.45) is 5.33. The molecule has 1 atom stereocenters. The third kappa shape index (κ3) is 2.38. The number of nitrogens with two attached hydrogens (primary N) is 1. The second-order valence-corrected chi connectivity index (χ2v) is 6.39. The fourth-order valence-electron chi connectivity index (χ4n) is 2.70. The third-order valence-electron chi connectivity index (χ3n) is 4.41. The monoisotopic (exact) mass is 270 g/mol. The molecule has 4 heteroatoms. The maximum Gasteiger partial charge on any atom is 0.0571 e. The van der Waals surface area contributed by atoms with E-state index in [4.69, 9.17) is 5.73 Å². The van der Waals surface area contributed by atoms with Crippen LogP contribution in [-0.2, 0) is 6.54 Å². The maximum atomic E-state index is 6.01. The first kappa shape index (κ1) is 13.0. The van der Waals surface area contributed by atoms with Crippen molar-refractivity contribution in [1.29, 1.82) is 0 Å². The topological polar surface area (TPSA) is 55.9 Å². The molecule has 1 saturated carbocycles. The van der Waals surface area contributed by atoms with E-state index >= 15 is 0 Å². The number of anilines is 2. The summed E-state index contributed by atoms with van der Waals surface area (Å²) in [5.41, 5.74) is 10.5. The lowest BCUT2D eigenvalue weighted by molar-refractivity contribution is 0.472. The zero-order valence-corrected chi connectivity index (χ0v) is 12.4. The van der Waals surface area contributed by atoms with E-state index in [2.05, 4.69) is 41.2 Å². The number of hydrogen-bond donors (Lipinski definition) is 2. The number of nitrogens with zero attached hydrogens (tertiary/aromatic N) is 2. The molecule has 0 aliphatic heterocycles. The minimum absolute atomic E-state index is 0.491. The lowest BCUT2D eigenvalue weighted by Gasteiger charge is -2.06. The highest BCUT2D eigenvalue weighted by Crippen LogP contribution is 2.52. The standard InChI is InChI=1S/C16H22N4/c1-16(2)7-13(16)10-20-9-12(8-19-20)11-4-5-15(18-3)14(17)6-11/h4-6,8-9,13,18H,7,10,17H2,1-3H3. The van der Waals surface area contributed by atoms with Crippen molar-refractivity contribution in [3.05, 3.63) is 30.6 Å². The van der Waals surface area contributed by atoms with Gasteiger partial charge in [-0.25, -0.2) is 0 Å². The Labute approximate surface area is 120 Å². The van der Waals surface area contributed by atoms with Crippen LogP contribution in [0.25, 0.3) is 11.1 Å². The fraction of sp³-hybridized carbons (Fsp3) is 0.438. The molecule has 0 bridgehead atoms. The van der Waals surface area contributed by atoms with E-state index in [1.54, 1.807) is 0 Å². The minimum Gasteiger partial charge on any atom is -0.397 e. The molecular weight excluding hydrogens is 248 g/mol. The molecule has 0 saturated heterocycles. The SMILES string of the molecule is CNc1ccc(-c2cnn(CC3CC3(C)C)c2)cc1N. The number of nitrogen functional groups attached to an aromatic ring is 1. The van der Waals surface area contributed by atoms with Crippen molar-refractivity contribution in [3.8, 4) is 11.1 Å². The van der Waals surface area contributed by atoms with E-state index in [9.17, 15) is 0 Å². The molecule has 1 aromatic heterocycles. The predicted octanol–water partition coefficient (Wildman–Crippen LogP) is 3.22. The molecule has 2 aromatic rings. The summed E-state index contributed by atoms with van der Waals surface area (Å²) >= 11 is 0. The van der Waals surface area contributed by atoms with Gasteiger partial charge in [0.15, 0.2) is 0 Å². The molecule has 0 radical (unpaired) electrons. The fourth-order valence-corrected chi connectivity index (χ4v) is 2.70. The van der Waals surface area contributed by atoms with Crippen LogP contribution >= 0.6 is 0 Å². The van der Waals surface area contributed by atoms with Gasteiger partial charge in [0, 0.05) is 25.4 Å². The van der Waals surface area contributed by atoms with Crippen molar-refractivity contribution in [2.75, 3.05) is 18.1 Å². The van der Waals surface area contributed by atoms with Gasteiger partial charge in [-0.1, -0.05) is 19.9 Å². The van der Waals surface area contributed by atoms with E-state index in [1.165, 1.54) is 6.42 Å². The van der Waals surface area contributed by atoms with E-state index in [-0.39, 0.29) is 0 Å². The summed E-state index contributed by atoms with van der Waals surface area (Å²) in [7, 11) is 1.88. The first-order valence-corrected chi connectivity index (χ1v) is 7.10. The molecule has 1 aliphatic carbocycles. The summed E-state index contributed by atoms with van der Waals surface area (Å²) in [5.74, 6) is 0.756. The van der Waals surface area contributed by atoms with Crippen molar-refractivity contribution >= 4 is 11.4 Å². The van der Waals surface area contributed by atoms with E-state index in [1.807, 2.05) is 25.4 Å². The number of benzene rings is 1. The Kier molecular flexibility index (Phi) is 2.96. The summed E-state index contributed by atoms with van der Waals surface area (Å²) in [4.78, 5) is 0. The number of rotatable bonds is 4. The maximum absolute atomic E-state index is 6.01. The van der Waals surface area contributed by atoms with Crippen LogP contribution in [0.3, 0.4) is 0 Å². The lowest BCUT2D eigenvalue weighted by Crippen LogP contribution is -2.03. The highest BCUT2D eigenvalue weighted by molar-refractivity contribution is 5.75. The lowest BCUT2D eigenvalue weighted by atomic mass is 10.1. The molecule has 1 heterocycles. The van der Waals surface area contributed by atoms with Crippen LogP contribution in [-0.4, -0.2) is 16.8 Å². The van der Waals surface area contributed by atoms with Gasteiger partial charge in [-0.2, -0.15) is 5.10 Å². The average molecular weight is 270 g/mol. The van der Waals surface area contributed by atoms with E-state index < -0.39 is 0 Å². The smallest absolute Gasteiger partial charge is 0.0571 e. The minimum atomic E-state index is 0.491. The number of nitrogens with one attached hydrogen (secondary N) is 1. The summed E-state index contributed by atoms with van der Waals surface area (Å²) in [6, 6.07) is 6.07. The van der Waals surface area contributed by atoms with E-state index in [0.29, 0.717) is 5.41 Å². The Bertz CT molecular complexity index is 627. The number of aromatic nitrogens is 2. The Morgan fingerprint density at radius 2 is 2.15 bits per heavy atom. The van der Waals surface area contributed by atoms with Crippen LogP contribution in [0.1, 0.15) is 20.3 Å². The van der Waals surface area contributed by atoms with Gasteiger partial charge in [-0.05, 0) is 35.4 Å². The van der Waals surface area contributed by atoms with Gasteiger partial charge in [0.25, 0.3) is 0 Å². The van der Waals surface area contributed by atoms with E-state index in [0.717, 1.165) is 35.0 Å². The van der Waals surface area contributed by atoms with Crippen LogP contribution < -0.4 is 11.1 Å². The van der Waals surface area contributed by atoms with Gasteiger partial charge in [0.2, 0.25) is 0 Å². The molecule has 4 nitrogen and oxygen atoms in total. The molecule has 0 spiro atoms. The quantitative estimate of drug-likeness (QED) is 0.839. The van der Waals surface area contributed by atoms with Crippen LogP contribution in [0.2, 0.25) is 0 Å². The Morgan fingerprint density at radius 1 is 1.40 bits per heavy atom. The zero-order valence-electron chi connectivity index (χ0n) is 12.4. The van der Waals surface area contributed by atoms with Gasteiger partial charge >= 0.3 is 0 Å². The third-order valence-corrected chi connectivity index (χ3v) is 4.41. The van der Waals surface area contributed by atoms with Gasteiger partial charge in [0.05, 0.1) is 17.6 Å². The highest BCUT2D eigenvalue weighted by Gasteiger charge is 2.45. The van der Waals surface area contributed by atoms with Gasteiger partial charge < -0.3 is 11.1 Å². The molecule has 106 valence electrons. The molecule has 0 amide bonds. The van der Waals surface area contributed by atoms with Crippen LogP contribution in [0, 0.1) is 11.3 Å². The molecule has 1 unspecified atom stereocenters. The van der Waals surface area contributed by atoms with Crippen LogP contribution in [0.4, 0.5) is 11.4 Å². The summed E-state index contributed by atoms with van der Waals surface area (Å²) < 4.78 is 2.05. The Hall–Kier alpha value is -1.97. The average Bonchev–Trinajstić information content (AvgIpc) is 2.82. The Balaban J connectivity index is 1.78. The molecule has 3 N–H and O–H groups in total. The first-order chi connectivity index (χ1) is 9.49. The first-order valence-electron chi connectivity index (χ1n) is 7.10. The molecule has 3 rings (SSSR count). The normalized spacial score (nSPS) is 19.9. The molecule has 1 fully saturated rings. The second kappa shape index (κ2) is 4.54. The summed E-state index contributed by atoms with van der Waals surface area (Å²) in [6.45, 7) is 5.65. The van der Waals surface area contributed by atoms with Crippen molar-refractivity contribution in [1.82, 2.24) is 9.78 Å². The molecule has 1 aliphatic rings. The predicted molar refractivity (Wildman–Crippen MR) is 83.5 cm³/mol. The van der Waals surface area contributed by atoms with Crippen LogP contribution in [0.5, 0.6) is 0 Å². The van der Waals surface area contributed by atoms with Gasteiger partial charge in [-0.3, -0.25) is 4.68 Å². The molecular formula is C16H22N4. The number of hydrogen-bond acceptors (Lipinski definition) is 3. The van der Waals surface area contributed by atoms with Gasteiger partial charge in [-0.15, -0.1) is 0 Å². The Morgan fingerprint density at radius 3 is 2.75 bits per heavy atom. The molecule has 1 aromatic carbocycles. The van der Waals surface area contributed by atoms with Crippen molar-refractivity contribution in [2.24, 2.45) is 11.3 Å². The highest BCUT2D eigenvalue weighted by atomic mass is 15.3. The van der Waals surface area contributed by atoms with Gasteiger partial charge in [0.1, 0.15) is 0 Å². The van der Waals surface area contributed by atoms with Crippen molar-refractivity contribution in [3.63, 3.8) is 0 Å². The summed E-state index contributed by atoms with van der Waals surface area (Å²) in [5, 5.41) is 7.55. The van der Waals surface area contributed by atoms with Crippen molar-refractivity contribution in [2.45, 2.75) is 26.8 Å². The zero-order chi connectivity index (χ0) is 14.3.